The number of hydrogen-bond donors (Lipinski definition) is 0. The number of aromatic nitrogens is 1. The third-order valence-corrected chi connectivity index (χ3v) is 3.55. The van der Waals surface area contributed by atoms with Crippen LogP contribution in [0.3, 0.4) is 0 Å². The number of benzene rings is 1. The fourth-order valence-electron chi connectivity index (χ4n) is 2.09. The lowest BCUT2D eigenvalue weighted by Gasteiger charge is -2.15. The standard InChI is InChI=1S/C13H11BrN2O/c14-10-7-13(17)16(8-10)12-6-5-9-3-1-2-4-11(9)15-12/h1-6,10H,7-8H2. The lowest BCUT2D eigenvalue weighted by Crippen LogP contribution is -2.25. The van der Waals surface area contributed by atoms with Gasteiger partial charge in [0.2, 0.25) is 5.91 Å². The molecule has 2 aromatic rings. The summed E-state index contributed by atoms with van der Waals surface area (Å²) in [6.07, 6.45) is 0.550. The molecular formula is C13H11BrN2O. The van der Waals surface area contributed by atoms with E-state index in [0.29, 0.717) is 13.0 Å². The third-order valence-electron chi connectivity index (χ3n) is 2.94. The van der Waals surface area contributed by atoms with Crippen molar-refractivity contribution < 1.29 is 4.79 Å². The molecule has 1 atom stereocenters. The van der Waals surface area contributed by atoms with Gasteiger partial charge in [-0.15, -0.1) is 0 Å². The topological polar surface area (TPSA) is 33.2 Å². The van der Waals surface area contributed by atoms with Crippen LogP contribution >= 0.6 is 15.9 Å². The first kappa shape index (κ1) is 10.7. The summed E-state index contributed by atoms with van der Waals surface area (Å²) in [5.41, 5.74) is 0.927. The number of fused-ring (bicyclic) bond motifs is 1. The Bertz CT molecular complexity index is 584. The first-order valence-corrected chi connectivity index (χ1v) is 6.46. The number of nitrogens with zero attached hydrogens (tertiary/aromatic N) is 2. The fraction of sp³-hybridized carbons (Fsp3) is 0.231. The highest BCUT2D eigenvalue weighted by Gasteiger charge is 2.29. The van der Waals surface area contributed by atoms with Gasteiger partial charge in [-0.05, 0) is 18.2 Å². The largest absolute Gasteiger partial charge is 0.296 e. The number of halogens is 1. The van der Waals surface area contributed by atoms with Gasteiger partial charge in [-0.2, -0.15) is 0 Å². The molecule has 1 aromatic heterocycles. The van der Waals surface area contributed by atoms with Crippen LogP contribution in [0.25, 0.3) is 10.9 Å². The first-order chi connectivity index (χ1) is 8.24. The van der Waals surface area contributed by atoms with Crippen LogP contribution in [-0.4, -0.2) is 22.3 Å². The first-order valence-electron chi connectivity index (χ1n) is 5.54. The molecule has 17 heavy (non-hydrogen) atoms. The molecule has 3 nitrogen and oxygen atoms in total. The molecule has 1 fully saturated rings. The molecule has 1 unspecified atom stereocenters. The van der Waals surface area contributed by atoms with Crippen molar-refractivity contribution in [1.29, 1.82) is 0 Å². The number of carbonyl (C=O) groups excluding carboxylic acids is 1. The van der Waals surface area contributed by atoms with Crippen LogP contribution in [0.5, 0.6) is 0 Å². The summed E-state index contributed by atoms with van der Waals surface area (Å²) < 4.78 is 0. The smallest absolute Gasteiger partial charge is 0.229 e. The van der Waals surface area contributed by atoms with Gasteiger partial charge < -0.3 is 0 Å². The summed E-state index contributed by atoms with van der Waals surface area (Å²) in [6.45, 7) is 0.699. The summed E-state index contributed by atoms with van der Waals surface area (Å²) in [7, 11) is 0. The Labute approximate surface area is 108 Å². The molecule has 2 heterocycles. The van der Waals surface area contributed by atoms with Crippen LogP contribution < -0.4 is 4.90 Å². The minimum Gasteiger partial charge on any atom is -0.296 e. The molecule has 0 spiro atoms. The number of carbonyl (C=O) groups is 1. The van der Waals surface area contributed by atoms with E-state index in [1.807, 2.05) is 36.4 Å². The van der Waals surface area contributed by atoms with Crippen LogP contribution in [0.4, 0.5) is 5.82 Å². The Morgan fingerprint density at radius 1 is 1.24 bits per heavy atom. The Balaban J connectivity index is 2.03. The second kappa shape index (κ2) is 4.11. The predicted octanol–water partition coefficient (Wildman–Crippen LogP) is 2.74. The van der Waals surface area contributed by atoms with Gasteiger partial charge in [0.05, 0.1) is 5.52 Å². The highest BCUT2D eigenvalue weighted by molar-refractivity contribution is 9.09. The summed E-state index contributed by atoms with van der Waals surface area (Å²) in [5.74, 6) is 0.880. The molecule has 1 aliphatic heterocycles. The number of alkyl halides is 1. The minimum absolute atomic E-state index is 0.134. The van der Waals surface area contributed by atoms with Gasteiger partial charge in [-0.25, -0.2) is 4.98 Å². The molecule has 1 saturated heterocycles. The van der Waals surface area contributed by atoms with E-state index >= 15 is 0 Å². The van der Waals surface area contributed by atoms with Crippen LogP contribution in [0.2, 0.25) is 0 Å². The van der Waals surface area contributed by atoms with Crippen molar-refractivity contribution in [2.75, 3.05) is 11.4 Å². The lowest BCUT2D eigenvalue weighted by atomic mass is 10.2. The normalized spacial score (nSPS) is 20.2. The van der Waals surface area contributed by atoms with Crippen molar-refractivity contribution in [1.82, 2.24) is 4.98 Å². The molecule has 3 rings (SSSR count). The number of hydrogen-bond acceptors (Lipinski definition) is 2. The molecule has 1 aliphatic rings. The van der Waals surface area contributed by atoms with Gasteiger partial charge in [0, 0.05) is 23.2 Å². The molecule has 0 bridgehead atoms. The zero-order chi connectivity index (χ0) is 11.8. The van der Waals surface area contributed by atoms with Gasteiger partial charge >= 0.3 is 0 Å². The van der Waals surface area contributed by atoms with Gasteiger partial charge in [0.1, 0.15) is 5.82 Å². The predicted molar refractivity (Wildman–Crippen MR) is 71.4 cm³/mol. The highest BCUT2D eigenvalue weighted by atomic mass is 79.9. The summed E-state index contributed by atoms with van der Waals surface area (Å²) in [6, 6.07) is 11.8. The zero-order valence-electron chi connectivity index (χ0n) is 9.14. The molecular weight excluding hydrogens is 280 g/mol. The van der Waals surface area contributed by atoms with Gasteiger partial charge in [-0.1, -0.05) is 34.1 Å². The zero-order valence-corrected chi connectivity index (χ0v) is 10.7. The van der Waals surface area contributed by atoms with Crippen molar-refractivity contribution in [2.24, 2.45) is 0 Å². The summed E-state index contributed by atoms with van der Waals surface area (Å²) in [5, 5.41) is 1.10. The average molecular weight is 291 g/mol. The monoisotopic (exact) mass is 290 g/mol. The summed E-state index contributed by atoms with van der Waals surface area (Å²) >= 11 is 3.48. The quantitative estimate of drug-likeness (QED) is 0.757. The van der Waals surface area contributed by atoms with Gasteiger partial charge in [-0.3, -0.25) is 9.69 Å². The molecule has 1 amide bonds. The number of anilines is 1. The highest BCUT2D eigenvalue weighted by Crippen LogP contribution is 2.25. The van der Waals surface area contributed by atoms with E-state index in [1.165, 1.54) is 0 Å². The van der Waals surface area contributed by atoms with Crippen LogP contribution in [-0.2, 0) is 4.79 Å². The molecule has 0 saturated carbocycles. The Hall–Kier alpha value is -1.42. The Kier molecular flexibility index (Phi) is 2.59. The van der Waals surface area contributed by atoms with Gasteiger partial charge in [0.25, 0.3) is 0 Å². The Morgan fingerprint density at radius 3 is 2.82 bits per heavy atom. The number of para-hydroxylation sites is 1. The number of amides is 1. The molecule has 0 N–H and O–H groups in total. The maximum absolute atomic E-state index is 11.8. The lowest BCUT2D eigenvalue weighted by molar-refractivity contribution is -0.117. The van der Waals surface area contributed by atoms with E-state index in [2.05, 4.69) is 20.9 Å². The number of rotatable bonds is 1. The average Bonchev–Trinajstić information content (AvgIpc) is 2.68. The van der Waals surface area contributed by atoms with Gasteiger partial charge in [0.15, 0.2) is 0 Å². The molecule has 0 radical (unpaired) electrons. The molecule has 86 valence electrons. The van der Waals surface area contributed by atoms with Crippen molar-refractivity contribution >= 4 is 38.6 Å². The SMILES string of the molecule is O=C1CC(Br)CN1c1ccc2ccccc2n1. The van der Waals surface area contributed by atoms with Crippen molar-refractivity contribution in [3.8, 4) is 0 Å². The fourth-order valence-corrected chi connectivity index (χ4v) is 2.66. The van der Waals surface area contributed by atoms with E-state index in [4.69, 9.17) is 0 Å². The maximum Gasteiger partial charge on any atom is 0.229 e. The van der Waals surface area contributed by atoms with E-state index < -0.39 is 0 Å². The van der Waals surface area contributed by atoms with Crippen molar-refractivity contribution in [3.63, 3.8) is 0 Å². The van der Waals surface area contributed by atoms with Crippen molar-refractivity contribution in [3.05, 3.63) is 36.4 Å². The minimum atomic E-state index is 0.134. The van der Waals surface area contributed by atoms with Crippen LogP contribution in [0.15, 0.2) is 36.4 Å². The van der Waals surface area contributed by atoms with Crippen LogP contribution in [0, 0.1) is 0 Å². The van der Waals surface area contributed by atoms with E-state index in [1.54, 1.807) is 4.90 Å². The van der Waals surface area contributed by atoms with Crippen LogP contribution in [0.1, 0.15) is 6.42 Å². The number of pyridine rings is 1. The second-order valence-corrected chi connectivity index (χ2v) is 5.46. The summed E-state index contributed by atoms with van der Waals surface area (Å²) in [4.78, 5) is 18.3. The molecule has 1 aromatic carbocycles. The third kappa shape index (κ3) is 1.93. The van der Waals surface area contributed by atoms with E-state index in [0.717, 1.165) is 16.7 Å². The molecule has 4 heteroatoms. The molecule has 0 aliphatic carbocycles. The van der Waals surface area contributed by atoms with Crippen molar-refractivity contribution in [2.45, 2.75) is 11.2 Å². The van der Waals surface area contributed by atoms with E-state index in [-0.39, 0.29) is 10.7 Å². The van der Waals surface area contributed by atoms with E-state index in [9.17, 15) is 4.79 Å². The second-order valence-electron chi connectivity index (χ2n) is 4.17. The maximum atomic E-state index is 11.8. The Morgan fingerprint density at radius 2 is 2.06 bits per heavy atom.